The number of nitro benzene ring substituents is 1. The number of nitrogens with zero attached hydrogens (tertiary/aromatic N) is 4. The van der Waals surface area contributed by atoms with E-state index in [0.717, 1.165) is 29.3 Å². The minimum Gasteiger partial charge on any atom is -0.371 e. The first-order valence-corrected chi connectivity index (χ1v) is 10.2. The number of nitro groups is 1. The predicted molar refractivity (Wildman–Crippen MR) is 112 cm³/mol. The van der Waals surface area contributed by atoms with Gasteiger partial charge in [-0.05, 0) is 24.3 Å². The molecular weight excluding hydrogens is 464 g/mol. The van der Waals surface area contributed by atoms with Crippen LogP contribution in [0, 0.1) is 15.0 Å². The lowest BCUT2D eigenvalue weighted by molar-refractivity contribution is -0.772. The van der Waals surface area contributed by atoms with Crippen LogP contribution in [0.3, 0.4) is 0 Å². The van der Waals surface area contributed by atoms with Gasteiger partial charge in [-0.25, -0.2) is 0 Å². The van der Waals surface area contributed by atoms with E-state index >= 15 is 0 Å². The highest BCUT2D eigenvalue weighted by molar-refractivity contribution is 7.87. The number of carbonyl (C=O) groups is 1. The molecule has 33 heavy (non-hydrogen) atoms. The van der Waals surface area contributed by atoms with E-state index in [1.165, 1.54) is 33.2 Å². The zero-order valence-corrected chi connectivity index (χ0v) is 18.4. The Morgan fingerprint density at radius 2 is 1.73 bits per heavy atom. The number of nitroso groups, excluding NO2 is 1. The van der Waals surface area contributed by atoms with E-state index in [9.17, 15) is 33.4 Å². The first-order chi connectivity index (χ1) is 15.3. The normalized spacial score (nSPS) is 10.6. The molecule has 0 unspecified atom stereocenters. The zero-order valence-electron chi connectivity index (χ0n) is 17.6. The number of benzene rings is 2. The van der Waals surface area contributed by atoms with Crippen LogP contribution in [0.25, 0.3) is 0 Å². The summed E-state index contributed by atoms with van der Waals surface area (Å²) in [7, 11) is -1.81. The van der Waals surface area contributed by atoms with Gasteiger partial charge in [0.1, 0.15) is 11.0 Å². The van der Waals surface area contributed by atoms with Crippen LogP contribution in [-0.4, -0.2) is 60.0 Å². The van der Waals surface area contributed by atoms with E-state index < -0.39 is 37.9 Å². The highest BCUT2D eigenvalue weighted by Gasteiger charge is 2.31. The second-order valence-electron chi connectivity index (χ2n) is 6.50. The van der Waals surface area contributed by atoms with Crippen molar-refractivity contribution in [2.24, 2.45) is 0 Å². The van der Waals surface area contributed by atoms with Gasteiger partial charge in [0, 0.05) is 23.4 Å². The van der Waals surface area contributed by atoms with Gasteiger partial charge in [-0.3, -0.25) is 20.1 Å². The third-order valence-corrected chi connectivity index (χ3v) is 5.02. The summed E-state index contributed by atoms with van der Waals surface area (Å²) in [5.41, 5.74) is 0.963. The minimum absolute atomic E-state index is 0.0886. The number of nitrogens with one attached hydrogen (secondary N) is 2. The fourth-order valence-corrected chi connectivity index (χ4v) is 3.21. The Hall–Kier alpha value is -4.47. The molecule has 0 saturated carbocycles. The number of hydrogen-bond donors (Lipinski definition) is 3. The smallest absolute Gasteiger partial charge is 0.339 e. The predicted octanol–water partition coefficient (Wildman–Crippen LogP) is 1.11. The SMILES string of the molecule is C=[N+](O)c1cc([N+](=O)[O-])c(ON[N+](=O)N(C)C)cc1OS(=O)(=O)c1ccc(NC(C)=O)cc1. The monoisotopic (exact) mass is 484 g/mol. The summed E-state index contributed by atoms with van der Waals surface area (Å²) in [6.45, 7) is 4.45. The lowest BCUT2D eigenvalue weighted by Crippen LogP contribution is -2.39. The highest BCUT2D eigenvalue weighted by atomic mass is 32.2. The van der Waals surface area contributed by atoms with Crippen LogP contribution in [-0.2, 0) is 14.9 Å². The lowest BCUT2D eigenvalue weighted by Gasteiger charge is -2.10. The average molecular weight is 484 g/mol. The van der Waals surface area contributed by atoms with Crippen molar-refractivity contribution in [3.8, 4) is 11.5 Å². The Morgan fingerprint density at radius 3 is 2.21 bits per heavy atom. The van der Waals surface area contributed by atoms with Crippen LogP contribution in [0.2, 0.25) is 0 Å². The highest BCUT2D eigenvalue weighted by Crippen LogP contribution is 2.39. The minimum atomic E-state index is -4.51. The number of hydrogen-bond acceptors (Lipinski definition) is 9. The second kappa shape index (κ2) is 9.77. The van der Waals surface area contributed by atoms with Crippen molar-refractivity contribution < 1.29 is 42.1 Å². The molecule has 1 amide bonds. The molecule has 2 aromatic rings. The molecular formula is C17H20N6O9S+2. The largest absolute Gasteiger partial charge is 0.371 e. The Labute approximate surface area is 187 Å². The summed E-state index contributed by atoms with van der Waals surface area (Å²) in [6.07, 6.45) is 0. The fraction of sp³-hybridized carbons (Fsp3) is 0.176. The van der Waals surface area contributed by atoms with Gasteiger partial charge in [0.15, 0.2) is 6.72 Å². The van der Waals surface area contributed by atoms with Crippen molar-refractivity contribution in [2.75, 3.05) is 19.4 Å². The van der Waals surface area contributed by atoms with Crippen molar-refractivity contribution >= 4 is 39.8 Å². The standard InChI is InChI=1S/C17H19N6O9S/c1-11(24)18-12-5-7-13(8-6-12)33(29,30)32-17-10-16(31-19-23(28)20(2)3)15(22(26)27)9-14(17)21(4)25/h5-10H,4H2,1-3H3,(H2-,18,19,24,25,28)/q+1/p+1. The third kappa shape index (κ3) is 6.26. The Kier molecular flexibility index (Phi) is 7.34. The molecule has 0 aliphatic rings. The molecule has 16 heteroatoms. The van der Waals surface area contributed by atoms with Crippen LogP contribution in [0.4, 0.5) is 17.1 Å². The number of hydrazine groups is 2. The van der Waals surface area contributed by atoms with Gasteiger partial charge in [-0.15, -0.1) is 5.01 Å². The molecule has 3 N–H and O–H groups in total. The number of rotatable bonds is 10. The summed E-state index contributed by atoms with van der Waals surface area (Å²) >= 11 is 0. The molecule has 0 radical (unpaired) electrons. The summed E-state index contributed by atoms with van der Waals surface area (Å²) in [4.78, 5) is 37.9. The molecule has 2 rings (SSSR count). The molecule has 0 heterocycles. The fourth-order valence-electron chi connectivity index (χ4n) is 2.28. The maximum absolute atomic E-state index is 12.7. The van der Waals surface area contributed by atoms with Gasteiger partial charge >= 0.3 is 21.5 Å². The molecule has 0 spiro atoms. The van der Waals surface area contributed by atoms with Crippen molar-refractivity contribution in [2.45, 2.75) is 11.8 Å². The van der Waals surface area contributed by atoms with E-state index in [4.69, 9.17) is 9.02 Å². The average Bonchev–Trinajstić information content (AvgIpc) is 2.71. The summed E-state index contributed by atoms with van der Waals surface area (Å²) in [6, 6.07) is 6.45. The molecule has 0 bridgehead atoms. The number of anilines is 1. The molecule has 15 nitrogen and oxygen atoms in total. The Morgan fingerprint density at radius 1 is 1.12 bits per heavy atom. The van der Waals surface area contributed by atoms with Crippen LogP contribution in [0.5, 0.6) is 11.5 Å². The molecule has 0 aromatic heterocycles. The van der Waals surface area contributed by atoms with Gasteiger partial charge in [0.2, 0.25) is 17.4 Å². The van der Waals surface area contributed by atoms with Crippen molar-refractivity contribution in [3.63, 3.8) is 0 Å². The molecule has 176 valence electrons. The van der Waals surface area contributed by atoms with Crippen LogP contribution >= 0.6 is 0 Å². The van der Waals surface area contributed by atoms with Crippen molar-refractivity contribution in [1.82, 2.24) is 10.6 Å². The molecule has 2 aromatic carbocycles. The van der Waals surface area contributed by atoms with Crippen LogP contribution in [0.1, 0.15) is 6.92 Å². The maximum atomic E-state index is 12.7. The number of amides is 1. The summed E-state index contributed by atoms with van der Waals surface area (Å²) in [5.74, 6) is -1.55. The van der Waals surface area contributed by atoms with E-state index in [2.05, 4.69) is 12.0 Å². The van der Waals surface area contributed by atoms with Gasteiger partial charge in [-0.2, -0.15) is 8.42 Å². The van der Waals surface area contributed by atoms with E-state index in [1.807, 2.05) is 5.59 Å². The maximum Gasteiger partial charge on any atom is 0.339 e. The quantitative estimate of drug-likeness (QED) is 0.110. The molecule has 0 atom stereocenters. The Balaban J connectivity index is 2.47. The summed E-state index contributed by atoms with van der Waals surface area (Å²) < 4.78 is 30.6. The van der Waals surface area contributed by atoms with Crippen molar-refractivity contribution in [1.29, 1.82) is 0 Å². The topological polar surface area (TPSA) is 183 Å². The zero-order chi connectivity index (χ0) is 24.9. The molecule has 0 saturated heterocycles. The van der Waals surface area contributed by atoms with Gasteiger partial charge in [-0.1, -0.05) is 0 Å². The van der Waals surface area contributed by atoms with E-state index in [1.54, 1.807) is 0 Å². The van der Waals surface area contributed by atoms with E-state index in [-0.39, 0.29) is 20.5 Å². The van der Waals surface area contributed by atoms with Crippen molar-refractivity contribution in [3.05, 3.63) is 51.4 Å². The summed E-state index contributed by atoms with van der Waals surface area (Å²) in [5, 5.41) is 24.6. The molecule has 0 fully saturated rings. The number of carbonyl (C=O) groups excluding carboxylic acids is 1. The van der Waals surface area contributed by atoms with Gasteiger partial charge in [0.05, 0.1) is 29.5 Å². The van der Waals surface area contributed by atoms with Crippen LogP contribution in [0.15, 0.2) is 41.3 Å². The van der Waals surface area contributed by atoms with Crippen LogP contribution < -0.4 is 19.9 Å². The first-order valence-electron chi connectivity index (χ1n) is 8.83. The third-order valence-electron chi connectivity index (χ3n) is 3.78. The Bertz CT molecular complexity index is 1210. The first kappa shape index (κ1) is 24.8. The molecule has 0 aliphatic carbocycles. The lowest BCUT2D eigenvalue weighted by atomic mass is 10.2. The van der Waals surface area contributed by atoms with Gasteiger partial charge < -0.3 is 14.3 Å². The second-order valence-corrected chi connectivity index (χ2v) is 8.05. The van der Waals surface area contributed by atoms with E-state index in [0.29, 0.717) is 5.69 Å². The molecule has 0 aliphatic heterocycles. The van der Waals surface area contributed by atoms with Gasteiger partial charge in [0.25, 0.3) is 4.98 Å².